The number of ether oxygens (including phenoxy) is 1. The van der Waals surface area contributed by atoms with Crippen molar-refractivity contribution in [3.8, 4) is 17.2 Å². The number of para-hydroxylation sites is 2. The van der Waals surface area contributed by atoms with Crippen LogP contribution in [-0.2, 0) is 0 Å². The Morgan fingerprint density at radius 1 is 1.17 bits per heavy atom. The van der Waals surface area contributed by atoms with Crippen LogP contribution < -0.4 is 10.1 Å². The van der Waals surface area contributed by atoms with Gasteiger partial charge in [0.1, 0.15) is 0 Å². The summed E-state index contributed by atoms with van der Waals surface area (Å²) >= 11 is 0. The molecule has 0 amide bonds. The van der Waals surface area contributed by atoms with E-state index in [-0.39, 0.29) is 11.4 Å². The molecule has 0 saturated carbocycles. The van der Waals surface area contributed by atoms with Gasteiger partial charge in [0.15, 0.2) is 22.9 Å². The zero-order valence-electron chi connectivity index (χ0n) is 9.08. The van der Waals surface area contributed by atoms with E-state index in [1.807, 2.05) is 0 Å². The summed E-state index contributed by atoms with van der Waals surface area (Å²) in [5.74, 6) is 0.511. The average molecular weight is 244 g/mol. The van der Waals surface area contributed by atoms with Crippen LogP contribution in [0.4, 0.5) is 17.1 Å². The quantitative estimate of drug-likeness (QED) is 0.507. The number of phenols is 1. The van der Waals surface area contributed by atoms with Gasteiger partial charge in [-0.1, -0.05) is 12.1 Å². The lowest BCUT2D eigenvalue weighted by molar-refractivity contribution is -0.385. The van der Waals surface area contributed by atoms with Crippen molar-refractivity contribution < 1.29 is 14.8 Å². The molecule has 1 aliphatic heterocycles. The molecule has 0 aliphatic carbocycles. The molecule has 0 bridgehead atoms. The third-order valence-electron chi connectivity index (χ3n) is 2.67. The molecule has 2 aromatic carbocycles. The molecular weight excluding hydrogens is 236 g/mol. The average Bonchev–Trinajstić information content (AvgIpc) is 2.36. The highest BCUT2D eigenvalue weighted by Crippen LogP contribution is 2.49. The van der Waals surface area contributed by atoms with Crippen LogP contribution in [0.2, 0.25) is 0 Å². The van der Waals surface area contributed by atoms with E-state index in [1.165, 1.54) is 12.1 Å². The second-order valence-corrected chi connectivity index (χ2v) is 3.79. The Morgan fingerprint density at radius 2 is 1.94 bits per heavy atom. The molecule has 90 valence electrons. The van der Waals surface area contributed by atoms with Crippen molar-refractivity contribution in [1.82, 2.24) is 0 Å². The lowest BCUT2D eigenvalue weighted by Crippen LogP contribution is -2.05. The van der Waals surface area contributed by atoms with Crippen LogP contribution in [0.5, 0.6) is 17.2 Å². The minimum absolute atomic E-state index is 0.165. The highest BCUT2D eigenvalue weighted by atomic mass is 16.6. The van der Waals surface area contributed by atoms with Gasteiger partial charge in [0, 0.05) is 0 Å². The number of anilines is 2. The van der Waals surface area contributed by atoms with Gasteiger partial charge in [-0.05, 0) is 24.3 Å². The van der Waals surface area contributed by atoms with E-state index in [0.717, 1.165) is 0 Å². The van der Waals surface area contributed by atoms with E-state index < -0.39 is 10.7 Å². The molecule has 6 heteroatoms. The minimum Gasteiger partial charge on any atom is -0.502 e. The second kappa shape index (κ2) is 3.63. The van der Waals surface area contributed by atoms with Crippen LogP contribution in [0.3, 0.4) is 0 Å². The van der Waals surface area contributed by atoms with Crippen LogP contribution in [0.25, 0.3) is 0 Å². The first kappa shape index (κ1) is 10.4. The zero-order chi connectivity index (χ0) is 12.7. The van der Waals surface area contributed by atoms with E-state index >= 15 is 0 Å². The Balaban J connectivity index is 2.19. The minimum atomic E-state index is -0.640. The molecule has 1 heterocycles. The molecule has 6 nitrogen and oxygen atoms in total. The van der Waals surface area contributed by atoms with Crippen molar-refractivity contribution in [1.29, 1.82) is 0 Å². The van der Waals surface area contributed by atoms with Crippen LogP contribution >= 0.6 is 0 Å². The summed E-state index contributed by atoms with van der Waals surface area (Å²) in [5, 5.41) is 23.4. The largest absolute Gasteiger partial charge is 0.502 e. The Hall–Kier alpha value is -2.76. The lowest BCUT2D eigenvalue weighted by atomic mass is 10.1. The van der Waals surface area contributed by atoms with Crippen molar-refractivity contribution in [2.75, 3.05) is 5.32 Å². The molecule has 0 saturated heterocycles. The van der Waals surface area contributed by atoms with E-state index in [9.17, 15) is 15.2 Å². The molecule has 0 unspecified atom stereocenters. The maximum atomic E-state index is 11.0. The smallest absolute Gasteiger partial charge is 0.337 e. The van der Waals surface area contributed by atoms with Crippen molar-refractivity contribution in [3.63, 3.8) is 0 Å². The number of hydrogen-bond donors (Lipinski definition) is 2. The number of phenolic OH excluding ortho intramolecular Hbond substituents is 1. The number of fused-ring (bicyclic) bond motifs is 2. The maximum Gasteiger partial charge on any atom is 0.337 e. The van der Waals surface area contributed by atoms with Crippen molar-refractivity contribution in [2.24, 2.45) is 0 Å². The van der Waals surface area contributed by atoms with Crippen LogP contribution in [-0.4, -0.2) is 10.0 Å². The van der Waals surface area contributed by atoms with Gasteiger partial charge < -0.3 is 15.2 Å². The van der Waals surface area contributed by atoms with Crippen molar-refractivity contribution in [3.05, 3.63) is 46.5 Å². The number of hydrogen-bond acceptors (Lipinski definition) is 5. The maximum absolute atomic E-state index is 11.0. The Bertz CT molecular complexity index is 655. The number of aromatic hydroxyl groups is 1. The molecule has 18 heavy (non-hydrogen) atoms. The fourth-order valence-electron chi connectivity index (χ4n) is 1.86. The predicted molar refractivity (Wildman–Crippen MR) is 64.6 cm³/mol. The van der Waals surface area contributed by atoms with E-state index in [2.05, 4.69) is 5.32 Å². The second-order valence-electron chi connectivity index (χ2n) is 3.79. The Kier molecular flexibility index (Phi) is 2.09. The molecule has 0 fully saturated rings. The standard InChI is InChI=1S/C12H8N2O4/c15-8-5-6-10-11(12(8)14(16)17)13-7-3-1-2-4-9(7)18-10/h1-6,13,15H. The Labute approximate surface area is 102 Å². The summed E-state index contributed by atoms with van der Waals surface area (Å²) in [6.07, 6.45) is 0. The number of rotatable bonds is 1. The van der Waals surface area contributed by atoms with Crippen LogP contribution in [0.15, 0.2) is 36.4 Å². The van der Waals surface area contributed by atoms with Gasteiger partial charge in [-0.2, -0.15) is 0 Å². The number of benzene rings is 2. The summed E-state index contributed by atoms with van der Waals surface area (Å²) in [5.41, 5.74) is 0.402. The molecular formula is C12H8N2O4. The summed E-state index contributed by atoms with van der Waals surface area (Å²) in [6.45, 7) is 0. The van der Waals surface area contributed by atoms with E-state index in [0.29, 0.717) is 17.2 Å². The van der Waals surface area contributed by atoms with Gasteiger partial charge in [0.05, 0.1) is 10.6 Å². The third kappa shape index (κ3) is 1.43. The zero-order valence-corrected chi connectivity index (χ0v) is 9.08. The first-order chi connectivity index (χ1) is 8.66. The van der Waals surface area contributed by atoms with Gasteiger partial charge in [0.25, 0.3) is 0 Å². The molecule has 0 radical (unpaired) electrons. The molecule has 3 rings (SSSR count). The summed E-state index contributed by atoms with van der Waals surface area (Å²) in [6, 6.07) is 9.82. The summed E-state index contributed by atoms with van der Waals surface area (Å²) in [7, 11) is 0. The molecule has 0 aromatic heterocycles. The van der Waals surface area contributed by atoms with Crippen LogP contribution in [0.1, 0.15) is 0 Å². The summed E-state index contributed by atoms with van der Waals surface area (Å²) < 4.78 is 5.55. The molecule has 2 N–H and O–H groups in total. The van der Waals surface area contributed by atoms with Crippen molar-refractivity contribution >= 4 is 17.1 Å². The number of nitrogens with one attached hydrogen (secondary N) is 1. The first-order valence-corrected chi connectivity index (χ1v) is 5.21. The topological polar surface area (TPSA) is 84.6 Å². The molecule has 1 aliphatic rings. The van der Waals surface area contributed by atoms with E-state index in [1.54, 1.807) is 24.3 Å². The fourth-order valence-corrected chi connectivity index (χ4v) is 1.86. The monoisotopic (exact) mass is 244 g/mol. The first-order valence-electron chi connectivity index (χ1n) is 5.21. The number of nitro benzene ring substituents is 1. The highest BCUT2D eigenvalue weighted by molar-refractivity contribution is 5.84. The molecule has 0 spiro atoms. The number of nitrogens with zero attached hydrogens (tertiary/aromatic N) is 1. The molecule has 0 atom stereocenters. The van der Waals surface area contributed by atoms with Gasteiger partial charge >= 0.3 is 5.69 Å². The fraction of sp³-hybridized carbons (Fsp3) is 0. The Morgan fingerprint density at radius 3 is 2.72 bits per heavy atom. The summed E-state index contributed by atoms with van der Waals surface area (Å²) in [4.78, 5) is 10.3. The van der Waals surface area contributed by atoms with E-state index in [4.69, 9.17) is 4.74 Å². The normalized spacial score (nSPS) is 11.8. The van der Waals surface area contributed by atoms with Gasteiger partial charge in [0.2, 0.25) is 0 Å². The van der Waals surface area contributed by atoms with Crippen molar-refractivity contribution in [2.45, 2.75) is 0 Å². The van der Waals surface area contributed by atoms with Gasteiger partial charge in [-0.3, -0.25) is 10.1 Å². The number of nitro groups is 1. The van der Waals surface area contributed by atoms with Crippen LogP contribution in [0, 0.1) is 10.1 Å². The molecule has 2 aromatic rings. The van der Waals surface area contributed by atoms with Gasteiger partial charge in [-0.15, -0.1) is 0 Å². The lowest BCUT2D eigenvalue weighted by Gasteiger charge is -2.21. The SMILES string of the molecule is O=[N+]([O-])c1c(O)ccc2c1Nc1ccccc1O2. The highest BCUT2D eigenvalue weighted by Gasteiger charge is 2.28. The van der Waals surface area contributed by atoms with Gasteiger partial charge in [-0.25, -0.2) is 0 Å². The third-order valence-corrected chi connectivity index (χ3v) is 2.67. The predicted octanol–water partition coefficient (Wildman–Crippen LogP) is 3.15.